The fourth-order valence-electron chi connectivity index (χ4n) is 3.13. The van der Waals surface area contributed by atoms with Crippen molar-refractivity contribution in [2.24, 2.45) is 4.99 Å². The average molecular weight is 528 g/mol. The number of hydrogen-bond donors (Lipinski definition) is 2. The predicted octanol–water partition coefficient (Wildman–Crippen LogP) is 2.97. The number of benzene rings is 2. The van der Waals surface area contributed by atoms with Gasteiger partial charge in [0.25, 0.3) is 0 Å². The molecule has 0 radical (unpaired) electrons. The summed E-state index contributed by atoms with van der Waals surface area (Å²) in [5, 5.41) is 7.02. The maximum Gasteiger partial charge on any atom is 0.242 e. The molecule has 1 heterocycles. The van der Waals surface area contributed by atoms with E-state index in [2.05, 4.69) is 32.7 Å². The summed E-state index contributed by atoms with van der Waals surface area (Å²) in [4.78, 5) is 20.9. The number of rotatable bonds is 5. The molecule has 1 saturated heterocycles. The minimum absolute atomic E-state index is 0. The molecule has 0 aromatic heterocycles. The number of para-hydroxylation sites is 1. The number of anilines is 1. The van der Waals surface area contributed by atoms with E-state index in [1.807, 2.05) is 47.4 Å². The van der Waals surface area contributed by atoms with Gasteiger partial charge in [-0.1, -0.05) is 41.9 Å². The van der Waals surface area contributed by atoms with Crippen molar-refractivity contribution in [1.29, 1.82) is 0 Å². The molecule has 0 spiro atoms. The first-order valence-electron chi connectivity index (χ1n) is 9.42. The van der Waals surface area contributed by atoms with Crippen molar-refractivity contribution in [3.05, 3.63) is 65.2 Å². The smallest absolute Gasteiger partial charge is 0.242 e. The maximum absolute atomic E-state index is 12.5. The Bertz CT molecular complexity index is 792. The quantitative estimate of drug-likeness (QED) is 0.357. The molecule has 1 aliphatic heterocycles. The van der Waals surface area contributed by atoms with Crippen LogP contribution in [0, 0.1) is 0 Å². The van der Waals surface area contributed by atoms with Gasteiger partial charge in [0.1, 0.15) is 0 Å². The van der Waals surface area contributed by atoms with Crippen LogP contribution in [0.5, 0.6) is 0 Å². The second kappa shape index (κ2) is 11.9. The number of nitrogens with zero attached hydrogens (tertiary/aromatic N) is 3. The lowest BCUT2D eigenvalue weighted by molar-refractivity contribution is -0.130. The Balaban J connectivity index is 0.00000300. The van der Waals surface area contributed by atoms with Crippen molar-refractivity contribution >= 4 is 53.1 Å². The van der Waals surface area contributed by atoms with Gasteiger partial charge in [-0.3, -0.25) is 9.79 Å². The summed E-state index contributed by atoms with van der Waals surface area (Å²) in [5.41, 5.74) is 2.30. The fourth-order valence-corrected chi connectivity index (χ4v) is 3.26. The summed E-state index contributed by atoms with van der Waals surface area (Å²) in [5.74, 6) is 0.688. The van der Waals surface area contributed by atoms with Crippen molar-refractivity contribution in [1.82, 2.24) is 15.5 Å². The molecular weight excluding hydrogens is 501 g/mol. The summed E-state index contributed by atoms with van der Waals surface area (Å²) < 4.78 is 0. The molecule has 3 rings (SSSR count). The van der Waals surface area contributed by atoms with Crippen LogP contribution in [0.1, 0.15) is 5.56 Å². The summed E-state index contributed by atoms with van der Waals surface area (Å²) in [6.07, 6.45) is 0. The van der Waals surface area contributed by atoms with Crippen molar-refractivity contribution < 1.29 is 4.79 Å². The summed E-state index contributed by atoms with van der Waals surface area (Å²) in [6.45, 7) is 3.99. The van der Waals surface area contributed by atoms with Crippen molar-refractivity contribution in [2.75, 3.05) is 44.7 Å². The van der Waals surface area contributed by atoms with Gasteiger partial charge in [-0.25, -0.2) is 0 Å². The molecular formula is C21H27ClIN5O. The number of carbonyl (C=O) groups is 1. The Morgan fingerprint density at radius 3 is 2.28 bits per heavy atom. The Morgan fingerprint density at radius 2 is 1.66 bits per heavy atom. The molecule has 0 unspecified atom stereocenters. The van der Waals surface area contributed by atoms with Crippen LogP contribution in [0.15, 0.2) is 59.6 Å². The zero-order chi connectivity index (χ0) is 19.8. The monoisotopic (exact) mass is 527 g/mol. The van der Waals surface area contributed by atoms with E-state index in [4.69, 9.17) is 11.6 Å². The van der Waals surface area contributed by atoms with Crippen molar-refractivity contribution in [3.8, 4) is 0 Å². The Labute approximate surface area is 194 Å². The topological polar surface area (TPSA) is 60.0 Å². The molecule has 0 aliphatic carbocycles. The van der Waals surface area contributed by atoms with Crippen molar-refractivity contribution in [3.63, 3.8) is 0 Å². The summed E-state index contributed by atoms with van der Waals surface area (Å²) in [6, 6.07) is 17.9. The van der Waals surface area contributed by atoms with Gasteiger partial charge in [0.2, 0.25) is 5.91 Å². The molecule has 8 heteroatoms. The van der Waals surface area contributed by atoms with Gasteiger partial charge < -0.3 is 20.4 Å². The number of guanidine groups is 1. The number of hydrogen-bond acceptors (Lipinski definition) is 3. The Kier molecular flexibility index (Phi) is 9.53. The van der Waals surface area contributed by atoms with E-state index in [9.17, 15) is 4.79 Å². The Morgan fingerprint density at radius 1 is 1.00 bits per heavy atom. The molecule has 2 aromatic rings. The average Bonchev–Trinajstić information content (AvgIpc) is 2.75. The summed E-state index contributed by atoms with van der Waals surface area (Å²) in [7, 11) is 1.69. The highest BCUT2D eigenvalue weighted by Gasteiger charge is 2.21. The molecule has 0 atom stereocenters. The van der Waals surface area contributed by atoms with Crippen LogP contribution in [0.3, 0.4) is 0 Å². The maximum atomic E-state index is 12.5. The molecule has 1 aliphatic rings. The van der Waals surface area contributed by atoms with E-state index < -0.39 is 0 Å². The molecule has 0 bridgehead atoms. The van der Waals surface area contributed by atoms with Gasteiger partial charge in [-0.2, -0.15) is 0 Å². The number of amides is 1. The number of nitrogens with one attached hydrogen (secondary N) is 2. The molecule has 156 valence electrons. The van der Waals surface area contributed by atoms with E-state index in [0.717, 1.165) is 31.7 Å². The number of carbonyl (C=O) groups excluding carboxylic acids is 1. The van der Waals surface area contributed by atoms with Gasteiger partial charge >= 0.3 is 0 Å². The zero-order valence-corrected chi connectivity index (χ0v) is 19.6. The molecule has 29 heavy (non-hydrogen) atoms. The van der Waals surface area contributed by atoms with Crippen molar-refractivity contribution in [2.45, 2.75) is 6.54 Å². The minimum atomic E-state index is 0. The SMILES string of the molecule is CN=C(NCC(=O)N1CCN(c2ccccc2)CC1)NCc1ccc(Cl)cc1.I. The Hall–Kier alpha value is -2.00. The first-order chi connectivity index (χ1) is 13.7. The lowest BCUT2D eigenvalue weighted by atomic mass is 10.2. The second-order valence-corrected chi connectivity index (χ2v) is 7.05. The first kappa shape index (κ1) is 23.3. The van der Waals surface area contributed by atoms with Gasteiger partial charge in [0.15, 0.2) is 5.96 Å². The van der Waals surface area contributed by atoms with E-state index in [-0.39, 0.29) is 36.4 Å². The van der Waals surface area contributed by atoms with Crippen LogP contribution >= 0.6 is 35.6 Å². The molecule has 0 saturated carbocycles. The minimum Gasteiger partial charge on any atom is -0.368 e. The molecule has 1 fully saturated rings. The van der Waals surface area contributed by atoms with E-state index in [0.29, 0.717) is 17.5 Å². The highest BCUT2D eigenvalue weighted by Crippen LogP contribution is 2.15. The lowest BCUT2D eigenvalue weighted by Crippen LogP contribution is -2.52. The number of halogens is 2. The van der Waals surface area contributed by atoms with Crippen LogP contribution in [-0.4, -0.2) is 56.5 Å². The normalized spacial score (nSPS) is 14.2. The first-order valence-corrected chi connectivity index (χ1v) is 9.80. The van der Waals surface area contributed by atoms with Crippen LogP contribution in [0.25, 0.3) is 0 Å². The van der Waals surface area contributed by atoms with Gasteiger partial charge in [0, 0.05) is 50.5 Å². The van der Waals surface area contributed by atoms with E-state index in [1.165, 1.54) is 5.69 Å². The second-order valence-electron chi connectivity index (χ2n) is 6.61. The van der Waals surface area contributed by atoms with Gasteiger partial charge in [0.05, 0.1) is 6.54 Å². The van der Waals surface area contributed by atoms with Gasteiger partial charge in [-0.05, 0) is 29.8 Å². The predicted molar refractivity (Wildman–Crippen MR) is 130 cm³/mol. The number of piperazine rings is 1. The molecule has 6 nitrogen and oxygen atoms in total. The highest BCUT2D eigenvalue weighted by molar-refractivity contribution is 14.0. The van der Waals surface area contributed by atoms with Crippen LogP contribution in [0.4, 0.5) is 5.69 Å². The third kappa shape index (κ3) is 7.08. The zero-order valence-electron chi connectivity index (χ0n) is 16.5. The van der Waals surface area contributed by atoms with Crippen LogP contribution in [0.2, 0.25) is 5.02 Å². The molecule has 2 aromatic carbocycles. The summed E-state index contributed by atoms with van der Waals surface area (Å²) >= 11 is 5.90. The largest absolute Gasteiger partial charge is 0.368 e. The van der Waals surface area contributed by atoms with E-state index >= 15 is 0 Å². The van der Waals surface area contributed by atoms with Gasteiger partial charge in [-0.15, -0.1) is 24.0 Å². The van der Waals surface area contributed by atoms with E-state index in [1.54, 1.807) is 7.05 Å². The highest BCUT2D eigenvalue weighted by atomic mass is 127. The standard InChI is InChI=1S/C21H26ClN5O.HI/c1-23-21(24-15-17-7-9-18(22)10-8-17)25-16-20(28)27-13-11-26(12-14-27)19-5-3-2-4-6-19;/h2-10H,11-16H2,1H3,(H2,23,24,25);1H. The molecule has 1 amide bonds. The van der Waals surface area contributed by atoms with Crippen LogP contribution < -0.4 is 15.5 Å². The number of aliphatic imine (C=N–C) groups is 1. The fraction of sp³-hybridized carbons (Fsp3) is 0.333. The lowest BCUT2D eigenvalue weighted by Gasteiger charge is -2.36. The third-order valence-corrected chi connectivity index (χ3v) is 5.01. The molecule has 2 N–H and O–H groups in total. The third-order valence-electron chi connectivity index (χ3n) is 4.76. The van der Waals surface area contributed by atoms with Crippen LogP contribution in [-0.2, 0) is 11.3 Å².